The fraction of sp³-hybridized carbons (Fsp3) is 0.538. The van der Waals surface area contributed by atoms with E-state index in [4.69, 9.17) is 5.73 Å². The zero-order valence-corrected chi connectivity index (χ0v) is 13.0. The summed E-state index contributed by atoms with van der Waals surface area (Å²) in [5.41, 5.74) is 8.11. The van der Waals surface area contributed by atoms with Crippen LogP contribution in [0.1, 0.15) is 0 Å². The van der Waals surface area contributed by atoms with Gasteiger partial charge >= 0.3 is 0 Å². The highest BCUT2D eigenvalue weighted by atomic mass is 32.2. The zero-order chi connectivity index (χ0) is 15.4. The lowest BCUT2D eigenvalue weighted by atomic mass is 10.0. The molecule has 7 nitrogen and oxygen atoms in total. The van der Waals surface area contributed by atoms with Gasteiger partial charge in [0.25, 0.3) is 0 Å². The van der Waals surface area contributed by atoms with E-state index in [9.17, 15) is 10.2 Å². The molecule has 0 saturated heterocycles. The molecular formula is C13H21N5O2S. The van der Waals surface area contributed by atoms with Crippen LogP contribution in [0.4, 0.5) is 11.5 Å². The number of aliphatic hydroxyl groups is 2. The average Bonchev–Trinajstić information content (AvgIpc) is 2.90. The summed E-state index contributed by atoms with van der Waals surface area (Å²) in [6.45, 7) is 0.459. The molecule has 2 aromatic rings. The molecule has 2 rings (SSSR count). The first kappa shape index (κ1) is 15.9. The van der Waals surface area contributed by atoms with E-state index in [-0.39, 0.29) is 12.5 Å². The number of rotatable bonds is 7. The van der Waals surface area contributed by atoms with Gasteiger partial charge in [-0.3, -0.25) is 0 Å². The molecule has 0 aliphatic carbocycles. The summed E-state index contributed by atoms with van der Waals surface area (Å²) in [7, 11) is 1.90. The van der Waals surface area contributed by atoms with Gasteiger partial charge in [0.1, 0.15) is 17.4 Å². The van der Waals surface area contributed by atoms with Gasteiger partial charge in [-0.2, -0.15) is 11.8 Å². The SMILES string of the molecule is CSC[C@@H](O)[C@@H](CO)CN(C)c1c[nH]c2c(N)ncnc12. The monoisotopic (exact) mass is 311 g/mol. The maximum atomic E-state index is 10.1. The van der Waals surface area contributed by atoms with Crippen LogP contribution >= 0.6 is 11.8 Å². The second-order valence-electron chi connectivity index (χ2n) is 5.00. The van der Waals surface area contributed by atoms with E-state index in [1.54, 1.807) is 11.8 Å². The van der Waals surface area contributed by atoms with Crippen molar-refractivity contribution in [2.24, 2.45) is 5.92 Å². The molecular weight excluding hydrogens is 290 g/mol. The molecule has 5 N–H and O–H groups in total. The van der Waals surface area contributed by atoms with Gasteiger partial charge in [-0.05, 0) is 6.26 Å². The fourth-order valence-electron chi connectivity index (χ4n) is 2.29. The molecule has 0 unspecified atom stereocenters. The minimum Gasteiger partial charge on any atom is -0.396 e. The van der Waals surface area contributed by atoms with Crippen molar-refractivity contribution in [2.45, 2.75) is 6.10 Å². The molecule has 0 radical (unpaired) electrons. The van der Waals surface area contributed by atoms with Crippen molar-refractivity contribution in [3.8, 4) is 0 Å². The van der Waals surface area contributed by atoms with Crippen LogP contribution in [0.3, 0.4) is 0 Å². The molecule has 0 amide bonds. The standard InChI is InChI=1S/C13H21N5O2S/c1-18(4-8(5-19)10(20)6-21-2)9-3-15-12-11(9)16-7-17-13(12)14/h3,7-8,10,15,19-20H,4-6H2,1-2H3,(H2,14,16,17)/t8-,10-/m1/s1. The Balaban J connectivity index is 2.18. The highest BCUT2D eigenvalue weighted by Crippen LogP contribution is 2.27. The minimum atomic E-state index is -0.544. The van der Waals surface area contributed by atoms with Crippen LogP contribution in [0.2, 0.25) is 0 Å². The molecule has 0 bridgehead atoms. The van der Waals surface area contributed by atoms with E-state index in [1.165, 1.54) is 6.33 Å². The maximum Gasteiger partial charge on any atom is 0.151 e. The Labute approximate surface area is 127 Å². The molecule has 116 valence electrons. The molecule has 0 fully saturated rings. The lowest BCUT2D eigenvalue weighted by Gasteiger charge is -2.27. The number of anilines is 2. The first-order valence-electron chi connectivity index (χ1n) is 6.65. The van der Waals surface area contributed by atoms with Crippen LogP contribution in [0.5, 0.6) is 0 Å². The molecule has 8 heteroatoms. The summed E-state index contributed by atoms with van der Waals surface area (Å²) in [5.74, 6) is 0.787. The minimum absolute atomic E-state index is 0.0639. The molecule has 0 aliphatic heterocycles. The molecule has 0 saturated carbocycles. The van der Waals surface area contributed by atoms with E-state index in [2.05, 4.69) is 15.0 Å². The predicted molar refractivity (Wildman–Crippen MR) is 86.5 cm³/mol. The van der Waals surface area contributed by atoms with Gasteiger partial charge in [-0.15, -0.1) is 0 Å². The van der Waals surface area contributed by atoms with Gasteiger partial charge in [0, 0.05) is 31.5 Å². The van der Waals surface area contributed by atoms with Crippen LogP contribution in [0.15, 0.2) is 12.5 Å². The zero-order valence-electron chi connectivity index (χ0n) is 12.2. The number of nitrogens with zero attached hydrogens (tertiary/aromatic N) is 3. The summed E-state index contributed by atoms with van der Waals surface area (Å²) in [4.78, 5) is 13.2. The Hall–Kier alpha value is -1.51. The topological polar surface area (TPSA) is 111 Å². The van der Waals surface area contributed by atoms with Gasteiger partial charge in [0.15, 0.2) is 5.82 Å². The number of aliphatic hydroxyl groups excluding tert-OH is 2. The van der Waals surface area contributed by atoms with Crippen LogP contribution in [-0.4, -0.2) is 63.5 Å². The maximum absolute atomic E-state index is 10.1. The smallest absolute Gasteiger partial charge is 0.151 e. The molecule has 0 spiro atoms. The van der Waals surface area contributed by atoms with Crippen LogP contribution < -0.4 is 10.6 Å². The normalized spacial score (nSPS) is 14.3. The number of hydrogen-bond acceptors (Lipinski definition) is 7. The molecule has 0 aliphatic rings. The number of nitrogens with one attached hydrogen (secondary N) is 1. The van der Waals surface area contributed by atoms with Crippen LogP contribution in [-0.2, 0) is 0 Å². The molecule has 21 heavy (non-hydrogen) atoms. The third-order valence-electron chi connectivity index (χ3n) is 3.51. The average molecular weight is 311 g/mol. The van der Waals surface area contributed by atoms with Crippen molar-refractivity contribution >= 4 is 34.3 Å². The van der Waals surface area contributed by atoms with Gasteiger partial charge in [-0.1, -0.05) is 0 Å². The van der Waals surface area contributed by atoms with Crippen molar-refractivity contribution in [1.29, 1.82) is 0 Å². The lowest BCUT2D eigenvalue weighted by molar-refractivity contribution is 0.0883. The largest absolute Gasteiger partial charge is 0.396 e. The Kier molecular flexibility index (Phi) is 5.27. The van der Waals surface area contributed by atoms with Crippen molar-refractivity contribution in [3.63, 3.8) is 0 Å². The third kappa shape index (κ3) is 3.39. The molecule has 2 atom stereocenters. The second-order valence-corrected chi connectivity index (χ2v) is 5.91. The van der Waals surface area contributed by atoms with Gasteiger partial charge in [0.2, 0.25) is 0 Å². The Morgan fingerprint density at radius 3 is 2.90 bits per heavy atom. The van der Waals surface area contributed by atoms with Crippen LogP contribution in [0.25, 0.3) is 11.0 Å². The highest BCUT2D eigenvalue weighted by Gasteiger charge is 2.21. The van der Waals surface area contributed by atoms with Crippen molar-refractivity contribution < 1.29 is 10.2 Å². The number of nitrogen functional groups attached to an aromatic ring is 1. The fourth-order valence-corrected chi connectivity index (χ4v) is 2.91. The van der Waals surface area contributed by atoms with Crippen molar-refractivity contribution in [3.05, 3.63) is 12.5 Å². The van der Waals surface area contributed by atoms with Crippen LogP contribution in [0, 0.1) is 5.92 Å². The number of nitrogens with two attached hydrogens (primary N) is 1. The number of fused-ring (bicyclic) bond motifs is 1. The first-order chi connectivity index (χ1) is 10.1. The lowest BCUT2D eigenvalue weighted by Crippen LogP contribution is -2.36. The summed E-state index contributed by atoms with van der Waals surface area (Å²) in [6.07, 6.45) is 4.62. The van der Waals surface area contributed by atoms with Crippen molar-refractivity contribution in [2.75, 3.05) is 42.8 Å². The first-order valence-corrected chi connectivity index (χ1v) is 8.04. The van der Waals surface area contributed by atoms with E-state index in [0.29, 0.717) is 23.6 Å². The van der Waals surface area contributed by atoms with Gasteiger partial charge < -0.3 is 25.8 Å². The van der Waals surface area contributed by atoms with Gasteiger partial charge in [0.05, 0.1) is 18.4 Å². The Morgan fingerprint density at radius 2 is 2.24 bits per heavy atom. The predicted octanol–water partition coefficient (Wildman–Crippen LogP) is 0.309. The summed E-state index contributed by atoms with van der Waals surface area (Å²) >= 11 is 1.56. The number of hydrogen-bond donors (Lipinski definition) is 4. The van der Waals surface area contributed by atoms with E-state index in [1.807, 2.05) is 24.4 Å². The van der Waals surface area contributed by atoms with Gasteiger partial charge in [-0.25, -0.2) is 9.97 Å². The number of aromatic nitrogens is 3. The Bertz CT molecular complexity index is 591. The Morgan fingerprint density at radius 1 is 1.48 bits per heavy atom. The second kappa shape index (κ2) is 6.97. The van der Waals surface area contributed by atoms with Crippen molar-refractivity contribution in [1.82, 2.24) is 15.0 Å². The van der Waals surface area contributed by atoms with E-state index >= 15 is 0 Å². The molecule has 2 heterocycles. The van der Waals surface area contributed by atoms with E-state index in [0.717, 1.165) is 11.2 Å². The number of thioether (sulfide) groups is 1. The third-order valence-corrected chi connectivity index (χ3v) is 4.18. The van der Waals surface area contributed by atoms with E-state index < -0.39 is 6.10 Å². The highest BCUT2D eigenvalue weighted by molar-refractivity contribution is 7.98. The summed E-state index contributed by atoms with van der Waals surface area (Å²) in [6, 6.07) is 0. The molecule has 0 aromatic carbocycles. The summed E-state index contributed by atoms with van der Waals surface area (Å²) < 4.78 is 0. The molecule has 2 aromatic heterocycles. The number of H-pyrrole nitrogens is 1. The quantitative estimate of drug-likeness (QED) is 0.582. The number of aromatic amines is 1. The summed E-state index contributed by atoms with van der Waals surface area (Å²) in [5, 5.41) is 19.5.